The van der Waals surface area contributed by atoms with Crippen molar-refractivity contribution in [3.05, 3.63) is 144 Å². The molecule has 4 aromatic carbocycles. The molecule has 8 nitrogen and oxygen atoms in total. The highest BCUT2D eigenvalue weighted by atomic mass is 31.2. The van der Waals surface area contributed by atoms with Crippen molar-refractivity contribution >= 4 is 17.2 Å². The molecule has 0 aromatic heterocycles. The fourth-order valence-electron chi connectivity index (χ4n) is 6.02. The van der Waals surface area contributed by atoms with Crippen LogP contribution < -0.4 is 0 Å². The molecule has 38 heavy (non-hydrogen) atoms. The van der Waals surface area contributed by atoms with Crippen LogP contribution in [0.1, 0.15) is 22.3 Å². The van der Waals surface area contributed by atoms with Gasteiger partial charge in [-0.15, -0.1) is 9.35 Å². The van der Waals surface area contributed by atoms with E-state index >= 15 is 0 Å². The van der Waals surface area contributed by atoms with Crippen LogP contribution in [-0.4, -0.2) is 11.8 Å². The zero-order valence-electron chi connectivity index (χ0n) is 19.7. The molecule has 0 N–H and O–H groups in total. The topological polar surface area (TPSA) is 73.8 Å². The summed E-state index contributed by atoms with van der Waals surface area (Å²) in [6.45, 7) is 0. The molecular formula is C28H20O8P2. The predicted octanol–water partition coefficient (Wildman–Crippen LogP) is 6.74. The fraction of sp³-hybridized carbons (Fsp3) is 0.143. The third kappa shape index (κ3) is 2.78. The summed E-state index contributed by atoms with van der Waals surface area (Å²) in [6.07, 6.45) is 0. The first kappa shape index (κ1) is 23.3. The van der Waals surface area contributed by atoms with Crippen molar-refractivity contribution in [1.82, 2.24) is 0 Å². The smallest absolute Gasteiger partial charge is 0.268 e. The minimum atomic E-state index is -2.12. The molecule has 190 valence electrons. The van der Waals surface area contributed by atoms with E-state index in [1.807, 2.05) is 121 Å². The van der Waals surface area contributed by atoms with E-state index in [9.17, 15) is 0 Å². The second kappa shape index (κ2) is 8.46. The molecular weight excluding hydrogens is 526 g/mol. The largest absolute Gasteiger partial charge is 0.397 e. The Morgan fingerprint density at radius 2 is 0.842 bits per heavy atom. The monoisotopic (exact) mass is 546 g/mol. The lowest BCUT2D eigenvalue weighted by molar-refractivity contribution is -0.460. The van der Waals surface area contributed by atoms with Crippen LogP contribution >= 0.6 is 17.2 Å². The molecule has 2 atom stereocenters. The van der Waals surface area contributed by atoms with Crippen molar-refractivity contribution < 1.29 is 37.2 Å². The Hall–Kier alpha value is -2.58. The molecule has 2 unspecified atom stereocenters. The van der Waals surface area contributed by atoms with Crippen molar-refractivity contribution in [2.75, 3.05) is 0 Å². The molecule has 9 rings (SSSR count). The van der Waals surface area contributed by atoms with E-state index < -0.39 is 40.0 Å². The number of fused-ring (bicyclic) bond motifs is 1. The van der Waals surface area contributed by atoms with Gasteiger partial charge in [-0.1, -0.05) is 121 Å². The average molecular weight is 546 g/mol. The summed E-state index contributed by atoms with van der Waals surface area (Å²) in [5, 5.41) is 0. The van der Waals surface area contributed by atoms with E-state index in [0.717, 1.165) is 22.3 Å². The zero-order chi connectivity index (χ0) is 25.3. The van der Waals surface area contributed by atoms with Crippen LogP contribution in [0.3, 0.4) is 0 Å². The Balaban J connectivity index is 1.60. The molecule has 5 heterocycles. The highest BCUT2D eigenvalue weighted by molar-refractivity contribution is 7.44. The molecule has 2 spiro atoms. The molecule has 10 heteroatoms. The molecule has 5 aliphatic heterocycles. The van der Waals surface area contributed by atoms with E-state index in [1.54, 1.807) is 0 Å². The summed E-state index contributed by atoms with van der Waals surface area (Å²) < 4.78 is 36.9. The molecule has 0 amide bonds. The Morgan fingerprint density at radius 3 is 1.34 bits per heavy atom. The van der Waals surface area contributed by atoms with Gasteiger partial charge in [0.05, 0.1) is 0 Å². The summed E-state index contributed by atoms with van der Waals surface area (Å²) >= 11 is 0. The summed E-state index contributed by atoms with van der Waals surface area (Å²) in [6, 6.07) is 39.5. The average Bonchev–Trinajstić information content (AvgIpc) is 3.62. The van der Waals surface area contributed by atoms with E-state index in [0.29, 0.717) is 0 Å². The van der Waals surface area contributed by atoms with E-state index in [2.05, 4.69) is 0 Å². The zero-order valence-corrected chi connectivity index (χ0v) is 21.5. The van der Waals surface area contributed by atoms with Crippen LogP contribution in [0.2, 0.25) is 0 Å². The van der Waals surface area contributed by atoms with Gasteiger partial charge in [0.1, 0.15) is 5.41 Å². The van der Waals surface area contributed by atoms with Crippen molar-refractivity contribution in [3.8, 4) is 0 Å². The Labute approximate surface area is 220 Å². The molecule has 4 aromatic rings. The second-order valence-electron chi connectivity index (χ2n) is 9.20. The van der Waals surface area contributed by atoms with Gasteiger partial charge in [-0.05, 0) is 22.3 Å². The highest BCUT2D eigenvalue weighted by Crippen LogP contribution is 2.84. The fourth-order valence-corrected chi connectivity index (χ4v) is 8.27. The maximum atomic E-state index is 6.68. The van der Waals surface area contributed by atoms with E-state index in [1.165, 1.54) is 0 Å². The lowest BCUT2D eigenvalue weighted by Gasteiger charge is -2.59. The maximum Gasteiger partial charge on any atom is 0.397 e. The van der Waals surface area contributed by atoms with Crippen molar-refractivity contribution in [2.45, 2.75) is 22.8 Å². The summed E-state index contributed by atoms with van der Waals surface area (Å²) in [5.74, 6) is -3.56. The summed E-state index contributed by atoms with van der Waals surface area (Å²) in [5.41, 5.74) is 0.391. The van der Waals surface area contributed by atoms with E-state index in [4.69, 9.17) is 37.2 Å². The second-order valence-corrected chi connectivity index (χ2v) is 11.1. The van der Waals surface area contributed by atoms with Crippen LogP contribution in [0.15, 0.2) is 121 Å². The van der Waals surface area contributed by atoms with Gasteiger partial charge in [0, 0.05) is 0 Å². The SMILES string of the molecule is c1ccc(C2(c3ccccc3)OOP3OOC4(O3)OP3OC4(O3)C2(c2ccccc2)c2ccccc2)cc1. The third-order valence-electron chi connectivity index (χ3n) is 7.43. The number of benzene rings is 4. The van der Waals surface area contributed by atoms with Gasteiger partial charge in [0.2, 0.25) is 0 Å². The molecule has 0 aliphatic carbocycles. The molecule has 0 radical (unpaired) electrons. The normalized spacial score (nSPS) is 32.0. The Kier molecular flexibility index (Phi) is 5.19. The summed E-state index contributed by atoms with van der Waals surface area (Å²) in [7, 11) is -3.90. The quantitative estimate of drug-likeness (QED) is 0.206. The van der Waals surface area contributed by atoms with Crippen molar-refractivity contribution in [2.24, 2.45) is 0 Å². The first-order chi connectivity index (χ1) is 18.7. The minimum absolute atomic E-state index is 0.788. The van der Waals surface area contributed by atoms with Crippen LogP contribution in [0.5, 0.6) is 0 Å². The van der Waals surface area contributed by atoms with Crippen molar-refractivity contribution in [1.29, 1.82) is 0 Å². The van der Waals surface area contributed by atoms with Gasteiger partial charge >= 0.3 is 23.2 Å². The lowest BCUT2D eigenvalue weighted by Crippen LogP contribution is -2.74. The van der Waals surface area contributed by atoms with E-state index in [-0.39, 0.29) is 0 Å². The summed E-state index contributed by atoms with van der Waals surface area (Å²) in [4.78, 5) is 12.5. The van der Waals surface area contributed by atoms with Gasteiger partial charge < -0.3 is 0 Å². The van der Waals surface area contributed by atoms with Crippen LogP contribution in [0.4, 0.5) is 0 Å². The number of hydrogen-bond acceptors (Lipinski definition) is 8. The number of rotatable bonds is 4. The van der Waals surface area contributed by atoms with Gasteiger partial charge in [-0.3, -0.25) is 9.05 Å². The van der Waals surface area contributed by atoms with Crippen LogP contribution in [0.25, 0.3) is 0 Å². The number of hydrogen-bond donors (Lipinski definition) is 0. The lowest BCUT2D eigenvalue weighted by atomic mass is 9.53. The minimum Gasteiger partial charge on any atom is -0.268 e. The molecule has 5 fully saturated rings. The molecule has 0 saturated carbocycles. The van der Waals surface area contributed by atoms with Gasteiger partial charge in [0.15, 0.2) is 5.60 Å². The maximum absolute atomic E-state index is 6.68. The van der Waals surface area contributed by atoms with Gasteiger partial charge in [0.25, 0.3) is 5.79 Å². The standard InChI is InChI=1S/C28H20O8P2/c1-5-13-21(14-6-1)25(22-15-7-2-8-16-22)26(23-17-9-3-10-18-23,24-19-11-4-12-20-24)29-35-38-34-28(30-36-38)27(25)31-37(32-27)33-28/h1-20H. The van der Waals surface area contributed by atoms with Crippen LogP contribution in [0, 0.1) is 0 Å². The Bertz CT molecular complexity index is 1370. The third-order valence-corrected chi connectivity index (χ3v) is 9.41. The first-order valence-corrected chi connectivity index (χ1v) is 14.2. The highest BCUT2D eigenvalue weighted by Gasteiger charge is 2.92. The molecule has 4 bridgehead atoms. The molecule has 5 saturated heterocycles. The van der Waals surface area contributed by atoms with Gasteiger partial charge in [-0.25, -0.2) is 13.9 Å². The first-order valence-electron chi connectivity index (χ1n) is 12.0. The van der Waals surface area contributed by atoms with Crippen molar-refractivity contribution in [3.63, 3.8) is 0 Å². The van der Waals surface area contributed by atoms with Gasteiger partial charge in [-0.2, -0.15) is 4.89 Å². The predicted molar refractivity (Wildman–Crippen MR) is 135 cm³/mol. The van der Waals surface area contributed by atoms with Crippen LogP contribution in [-0.2, 0) is 48.2 Å². The molecule has 5 aliphatic rings. The Morgan fingerprint density at radius 1 is 0.421 bits per heavy atom.